The third-order valence-corrected chi connectivity index (χ3v) is 7.07. The van der Waals surface area contributed by atoms with Gasteiger partial charge in [-0.25, -0.2) is 14.8 Å². The first kappa shape index (κ1) is 25.1. The molecule has 1 aliphatic rings. The van der Waals surface area contributed by atoms with E-state index in [1.165, 1.54) is 23.5 Å². The molecule has 0 aliphatic carbocycles. The molecule has 1 saturated heterocycles. The van der Waals surface area contributed by atoms with Gasteiger partial charge in [-0.3, -0.25) is 4.79 Å². The number of likely N-dealkylation sites (tertiary alicyclic amines) is 1. The summed E-state index contributed by atoms with van der Waals surface area (Å²) in [4.78, 5) is 35.9. The van der Waals surface area contributed by atoms with Crippen LogP contribution in [-0.4, -0.2) is 39.9 Å². The zero-order valence-corrected chi connectivity index (χ0v) is 20.7. The number of carbonyl (C=O) groups excluding carboxylic acids is 2. The highest BCUT2D eigenvalue weighted by atomic mass is 79.9. The van der Waals surface area contributed by atoms with Crippen LogP contribution >= 0.6 is 27.3 Å². The van der Waals surface area contributed by atoms with Gasteiger partial charge in [0, 0.05) is 46.3 Å². The van der Waals surface area contributed by atoms with E-state index in [9.17, 15) is 22.8 Å². The lowest BCUT2D eigenvalue weighted by molar-refractivity contribution is -0.137. The standard InChI is InChI=1S/C23H21BrF3N5O2S/c24-17-5-6-19(28-11-17)31-20(33)14-7-9-32(10-8-14)22(34)30-13-18-12-29-21(35-18)15-1-3-16(4-2-15)23(25,26)27/h1-6,11-12,14H,7-10,13H2,(H,30,34)(H,28,31,33). The summed E-state index contributed by atoms with van der Waals surface area (Å²) in [7, 11) is 0. The maximum absolute atomic E-state index is 12.7. The molecule has 0 bridgehead atoms. The van der Waals surface area contributed by atoms with Crippen LogP contribution in [-0.2, 0) is 17.5 Å². The molecule has 1 aliphatic heterocycles. The van der Waals surface area contributed by atoms with Gasteiger partial charge in [0.25, 0.3) is 0 Å². The molecule has 7 nitrogen and oxygen atoms in total. The first-order valence-corrected chi connectivity index (χ1v) is 12.4. The molecular formula is C23H21BrF3N5O2S. The van der Waals surface area contributed by atoms with E-state index < -0.39 is 11.7 Å². The molecule has 12 heteroatoms. The molecule has 4 rings (SSSR count). The summed E-state index contributed by atoms with van der Waals surface area (Å²) >= 11 is 4.61. The van der Waals surface area contributed by atoms with Crippen LogP contribution in [0.15, 0.2) is 53.3 Å². The first-order chi connectivity index (χ1) is 16.7. The van der Waals surface area contributed by atoms with Crippen molar-refractivity contribution >= 4 is 45.0 Å². The molecule has 0 radical (unpaired) electrons. The number of rotatable bonds is 5. The number of nitrogens with one attached hydrogen (secondary N) is 2. The number of urea groups is 1. The van der Waals surface area contributed by atoms with Gasteiger partial charge in [0.1, 0.15) is 10.8 Å². The summed E-state index contributed by atoms with van der Waals surface area (Å²) < 4.78 is 39.0. The fraction of sp³-hybridized carbons (Fsp3) is 0.304. The number of nitrogens with zero attached hydrogens (tertiary/aromatic N) is 3. The molecule has 35 heavy (non-hydrogen) atoms. The van der Waals surface area contributed by atoms with Gasteiger partial charge in [-0.05, 0) is 53.0 Å². The highest BCUT2D eigenvalue weighted by Gasteiger charge is 2.30. The van der Waals surface area contributed by atoms with Crippen molar-refractivity contribution in [2.24, 2.45) is 5.92 Å². The Hall–Kier alpha value is -2.99. The van der Waals surface area contributed by atoms with Crippen molar-refractivity contribution in [1.29, 1.82) is 0 Å². The van der Waals surface area contributed by atoms with Crippen molar-refractivity contribution < 1.29 is 22.8 Å². The number of thiazole rings is 1. The number of hydrogen-bond donors (Lipinski definition) is 2. The minimum atomic E-state index is -4.38. The SMILES string of the molecule is O=C(Nc1ccc(Br)cn1)C1CCN(C(=O)NCc2cnc(-c3ccc(C(F)(F)F)cc3)s2)CC1. The Morgan fingerprint density at radius 3 is 2.40 bits per heavy atom. The van der Waals surface area contributed by atoms with Gasteiger partial charge in [-0.1, -0.05) is 12.1 Å². The molecule has 0 unspecified atom stereocenters. The minimum absolute atomic E-state index is 0.111. The Balaban J connectivity index is 1.23. The lowest BCUT2D eigenvalue weighted by Gasteiger charge is -2.31. The van der Waals surface area contributed by atoms with Gasteiger partial charge < -0.3 is 15.5 Å². The van der Waals surface area contributed by atoms with E-state index in [2.05, 4.69) is 36.5 Å². The van der Waals surface area contributed by atoms with E-state index in [0.717, 1.165) is 21.5 Å². The Bertz CT molecular complexity index is 1180. The number of benzene rings is 1. The van der Waals surface area contributed by atoms with Crippen LogP contribution < -0.4 is 10.6 Å². The number of hydrogen-bond acceptors (Lipinski definition) is 5. The van der Waals surface area contributed by atoms with E-state index in [1.54, 1.807) is 29.4 Å². The van der Waals surface area contributed by atoms with E-state index >= 15 is 0 Å². The van der Waals surface area contributed by atoms with Crippen LogP contribution in [0.25, 0.3) is 10.6 Å². The zero-order valence-electron chi connectivity index (χ0n) is 18.3. The number of halogens is 4. The molecule has 0 spiro atoms. The van der Waals surface area contributed by atoms with Gasteiger partial charge in [-0.15, -0.1) is 11.3 Å². The zero-order chi connectivity index (χ0) is 25.0. The topological polar surface area (TPSA) is 87.2 Å². The molecule has 3 heterocycles. The Morgan fingerprint density at radius 2 is 1.77 bits per heavy atom. The van der Waals surface area contributed by atoms with Gasteiger partial charge in [0.2, 0.25) is 5.91 Å². The van der Waals surface area contributed by atoms with Crippen LogP contribution in [0.4, 0.5) is 23.8 Å². The molecule has 1 fully saturated rings. The van der Waals surface area contributed by atoms with Crippen molar-refractivity contribution in [3.8, 4) is 10.6 Å². The van der Waals surface area contributed by atoms with E-state index in [0.29, 0.717) is 42.3 Å². The number of pyridine rings is 1. The van der Waals surface area contributed by atoms with Crippen LogP contribution in [0, 0.1) is 5.92 Å². The summed E-state index contributed by atoms with van der Waals surface area (Å²) in [5, 5.41) is 6.23. The van der Waals surface area contributed by atoms with Crippen molar-refractivity contribution in [2.75, 3.05) is 18.4 Å². The monoisotopic (exact) mass is 567 g/mol. The summed E-state index contributed by atoms with van der Waals surface area (Å²) in [5.74, 6) is 0.177. The number of piperidine rings is 1. The average Bonchev–Trinajstić information content (AvgIpc) is 3.33. The summed E-state index contributed by atoms with van der Waals surface area (Å²) in [6.07, 6.45) is -0.0719. The van der Waals surface area contributed by atoms with E-state index in [1.807, 2.05) is 0 Å². The minimum Gasteiger partial charge on any atom is -0.333 e. The van der Waals surface area contributed by atoms with Crippen molar-refractivity contribution in [1.82, 2.24) is 20.2 Å². The van der Waals surface area contributed by atoms with Crippen LogP contribution in [0.2, 0.25) is 0 Å². The summed E-state index contributed by atoms with van der Waals surface area (Å²) in [6, 6.07) is 8.10. The molecule has 184 valence electrons. The molecule has 3 aromatic rings. The fourth-order valence-electron chi connectivity index (χ4n) is 3.62. The largest absolute Gasteiger partial charge is 0.416 e. The lowest BCUT2D eigenvalue weighted by atomic mass is 9.96. The molecule has 1 aromatic carbocycles. The number of aromatic nitrogens is 2. The smallest absolute Gasteiger partial charge is 0.333 e. The maximum atomic E-state index is 12.7. The lowest BCUT2D eigenvalue weighted by Crippen LogP contribution is -2.45. The van der Waals surface area contributed by atoms with Crippen molar-refractivity contribution in [3.05, 3.63) is 63.7 Å². The molecular weight excluding hydrogens is 547 g/mol. The first-order valence-electron chi connectivity index (χ1n) is 10.8. The Morgan fingerprint density at radius 1 is 1.06 bits per heavy atom. The Kier molecular flexibility index (Phi) is 7.70. The summed E-state index contributed by atoms with van der Waals surface area (Å²) in [5.41, 5.74) is -0.129. The van der Waals surface area contributed by atoms with E-state index in [-0.39, 0.29) is 24.4 Å². The molecule has 0 saturated carbocycles. The van der Waals surface area contributed by atoms with Crippen LogP contribution in [0.5, 0.6) is 0 Å². The molecule has 2 N–H and O–H groups in total. The highest BCUT2D eigenvalue weighted by Crippen LogP contribution is 2.32. The number of carbonyl (C=O) groups is 2. The predicted octanol–water partition coefficient (Wildman–Crippen LogP) is 5.55. The van der Waals surface area contributed by atoms with Gasteiger partial charge in [-0.2, -0.15) is 13.2 Å². The molecule has 3 amide bonds. The van der Waals surface area contributed by atoms with Gasteiger partial charge in [0.05, 0.1) is 12.1 Å². The predicted molar refractivity (Wildman–Crippen MR) is 130 cm³/mol. The van der Waals surface area contributed by atoms with E-state index in [4.69, 9.17) is 0 Å². The maximum Gasteiger partial charge on any atom is 0.416 e. The quantitative estimate of drug-likeness (QED) is 0.423. The third-order valence-electron chi connectivity index (χ3n) is 5.56. The van der Waals surface area contributed by atoms with Crippen molar-refractivity contribution in [2.45, 2.75) is 25.6 Å². The second-order valence-corrected chi connectivity index (χ2v) is 10.0. The average molecular weight is 568 g/mol. The number of alkyl halides is 3. The second kappa shape index (κ2) is 10.7. The van der Waals surface area contributed by atoms with Gasteiger partial charge in [0.15, 0.2) is 0 Å². The molecule has 0 atom stereocenters. The van der Waals surface area contributed by atoms with Crippen molar-refractivity contribution in [3.63, 3.8) is 0 Å². The summed E-state index contributed by atoms with van der Waals surface area (Å²) in [6.45, 7) is 1.17. The normalized spacial score (nSPS) is 14.6. The molecule has 2 aromatic heterocycles. The van der Waals surface area contributed by atoms with Gasteiger partial charge >= 0.3 is 12.2 Å². The number of amides is 3. The van der Waals surface area contributed by atoms with Crippen LogP contribution in [0.3, 0.4) is 0 Å². The fourth-order valence-corrected chi connectivity index (χ4v) is 4.71. The van der Waals surface area contributed by atoms with Crippen LogP contribution in [0.1, 0.15) is 23.3 Å². The number of anilines is 1. The Labute approximate surface area is 211 Å². The second-order valence-electron chi connectivity index (χ2n) is 7.98. The highest BCUT2D eigenvalue weighted by molar-refractivity contribution is 9.10. The third kappa shape index (κ3) is 6.57.